The summed E-state index contributed by atoms with van der Waals surface area (Å²) in [5.41, 5.74) is 1.14. The highest BCUT2D eigenvalue weighted by Gasteiger charge is 2.05. The molecular formula is C15H21NO2. The summed E-state index contributed by atoms with van der Waals surface area (Å²) in [6.07, 6.45) is 0.744. The molecule has 18 heavy (non-hydrogen) atoms. The molecule has 3 nitrogen and oxygen atoms in total. The van der Waals surface area contributed by atoms with Crippen molar-refractivity contribution in [3.63, 3.8) is 0 Å². The van der Waals surface area contributed by atoms with Gasteiger partial charge in [-0.25, -0.2) is 0 Å². The number of rotatable bonds is 7. The van der Waals surface area contributed by atoms with Crippen molar-refractivity contribution < 1.29 is 9.47 Å². The lowest BCUT2D eigenvalue weighted by Crippen LogP contribution is -2.13. The van der Waals surface area contributed by atoms with Gasteiger partial charge in [0.15, 0.2) is 0 Å². The summed E-state index contributed by atoms with van der Waals surface area (Å²) in [7, 11) is 1.66. The van der Waals surface area contributed by atoms with Gasteiger partial charge in [0.05, 0.1) is 13.7 Å². The van der Waals surface area contributed by atoms with Crippen molar-refractivity contribution in [2.45, 2.75) is 26.8 Å². The van der Waals surface area contributed by atoms with Crippen LogP contribution in [-0.4, -0.2) is 20.3 Å². The van der Waals surface area contributed by atoms with Gasteiger partial charge in [0.1, 0.15) is 11.5 Å². The number of ether oxygens (including phenoxy) is 2. The quantitative estimate of drug-likeness (QED) is 0.593. The Morgan fingerprint density at radius 2 is 2.17 bits per heavy atom. The first-order valence-electron chi connectivity index (χ1n) is 6.21. The second-order valence-electron chi connectivity index (χ2n) is 3.78. The Balaban J connectivity index is 2.71. The maximum absolute atomic E-state index is 5.76. The predicted octanol–water partition coefficient (Wildman–Crippen LogP) is 2.60. The van der Waals surface area contributed by atoms with Crippen LogP contribution in [0.15, 0.2) is 18.2 Å². The summed E-state index contributed by atoms with van der Waals surface area (Å²) >= 11 is 0. The van der Waals surface area contributed by atoms with Gasteiger partial charge >= 0.3 is 0 Å². The third-order valence-corrected chi connectivity index (χ3v) is 2.50. The summed E-state index contributed by atoms with van der Waals surface area (Å²) in [6, 6.07) is 5.90. The minimum atomic E-state index is 0.604. The summed E-state index contributed by atoms with van der Waals surface area (Å²) in [5.74, 6) is 7.53. The molecule has 98 valence electrons. The van der Waals surface area contributed by atoms with E-state index < -0.39 is 0 Å². The monoisotopic (exact) mass is 247 g/mol. The number of nitrogens with one attached hydrogen (secondary N) is 1. The molecule has 0 saturated carbocycles. The standard InChI is InChI=1S/C15H21NO2/c1-4-6-7-10-18-15-11-14(17-3)9-8-13(15)12-16-5-2/h8-9,11,16H,5,7,10,12H2,1-3H3. The first-order valence-corrected chi connectivity index (χ1v) is 6.21. The van der Waals surface area contributed by atoms with Crippen LogP contribution in [0.1, 0.15) is 25.8 Å². The zero-order valence-corrected chi connectivity index (χ0v) is 11.4. The molecule has 0 unspecified atom stereocenters. The van der Waals surface area contributed by atoms with Crippen LogP contribution >= 0.6 is 0 Å². The fraction of sp³-hybridized carbons (Fsp3) is 0.467. The van der Waals surface area contributed by atoms with Crippen molar-refractivity contribution in [2.24, 2.45) is 0 Å². The molecule has 0 aromatic heterocycles. The van der Waals surface area contributed by atoms with Gasteiger partial charge in [-0.3, -0.25) is 0 Å². The third kappa shape index (κ3) is 4.68. The van der Waals surface area contributed by atoms with Crippen LogP contribution < -0.4 is 14.8 Å². The predicted molar refractivity (Wildman–Crippen MR) is 73.9 cm³/mol. The lowest BCUT2D eigenvalue weighted by Gasteiger charge is -2.12. The van der Waals surface area contributed by atoms with Gasteiger partial charge in [0.25, 0.3) is 0 Å². The van der Waals surface area contributed by atoms with Gasteiger partial charge in [-0.15, -0.1) is 11.8 Å². The van der Waals surface area contributed by atoms with E-state index in [1.807, 2.05) is 25.1 Å². The maximum Gasteiger partial charge on any atom is 0.127 e. The Bertz CT molecular complexity index is 418. The Labute approximate surface area is 109 Å². The number of benzene rings is 1. The van der Waals surface area contributed by atoms with Crippen molar-refractivity contribution in [1.29, 1.82) is 0 Å². The van der Waals surface area contributed by atoms with E-state index in [4.69, 9.17) is 9.47 Å². The average molecular weight is 247 g/mol. The first-order chi connectivity index (χ1) is 8.81. The lowest BCUT2D eigenvalue weighted by atomic mass is 10.2. The van der Waals surface area contributed by atoms with Crippen LogP contribution in [0.25, 0.3) is 0 Å². The third-order valence-electron chi connectivity index (χ3n) is 2.50. The second kappa shape index (κ2) is 8.43. The van der Waals surface area contributed by atoms with E-state index in [2.05, 4.69) is 24.1 Å². The van der Waals surface area contributed by atoms with Gasteiger partial charge in [-0.2, -0.15) is 0 Å². The molecule has 0 saturated heterocycles. The maximum atomic E-state index is 5.76. The Morgan fingerprint density at radius 1 is 1.33 bits per heavy atom. The molecule has 0 radical (unpaired) electrons. The van der Waals surface area contributed by atoms with Crippen LogP contribution in [0, 0.1) is 11.8 Å². The molecule has 0 fully saturated rings. The molecule has 1 N–H and O–H groups in total. The summed E-state index contributed by atoms with van der Waals surface area (Å²) in [4.78, 5) is 0. The van der Waals surface area contributed by atoms with E-state index in [-0.39, 0.29) is 0 Å². The number of hydrogen-bond acceptors (Lipinski definition) is 3. The van der Waals surface area contributed by atoms with Gasteiger partial charge < -0.3 is 14.8 Å². The summed E-state index contributed by atoms with van der Waals surface area (Å²) < 4.78 is 11.0. The normalized spacial score (nSPS) is 9.50. The van der Waals surface area contributed by atoms with E-state index in [1.54, 1.807) is 7.11 Å². The largest absolute Gasteiger partial charge is 0.497 e. The lowest BCUT2D eigenvalue weighted by molar-refractivity contribution is 0.319. The highest BCUT2D eigenvalue weighted by atomic mass is 16.5. The molecule has 0 aliphatic carbocycles. The van der Waals surface area contributed by atoms with E-state index in [0.717, 1.165) is 36.6 Å². The molecular weight excluding hydrogens is 226 g/mol. The smallest absolute Gasteiger partial charge is 0.127 e. The van der Waals surface area contributed by atoms with Gasteiger partial charge in [-0.1, -0.05) is 13.0 Å². The Kier molecular flexibility index (Phi) is 6.75. The number of methoxy groups -OCH3 is 1. The first kappa shape index (κ1) is 14.4. The molecule has 1 rings (SSSR count). The minimum Gasteiger partial charge on any atom is -0.497 e. The van der Waals surface area contributed by atoms with Crippen LogP contribution in [0.5, 0.6) is 11.5 Å². The summed E-state index contributed by atoms with van der Waals surface area (Å²) in [5, 5.41) is 3.30. The van der Waals surface area contributed by atoms with E-state index in [0.29, 0.717) is 6.61 Å². The van der Waals surface area contributed by atoms with Crippen LogP contribution in [-0.2, 0) is 6.54 Å². The van der Waals surface area contributed by atoms with Crippen molar-refractivity contribution >= 4 is 0 Å². The van der Waals surface area contributed by atoms with Gasteiger partial charge in [-0.05, 0) is 19.5 Å². The van der Waals surface area contributed by atoms with E-state index >= 15 is 0 Å². The summed E-state index contributed by atoms with van der Waals surface area (Å²) in [6.45, 7) is 6.26. The van der Waals surface area contributed by atoms with Gasteiger partial charge in [0, 0.05) is 24.6 Å². The Hall–Kier alpha value is -1.66. The average Bonchev–Trinajstić information content (AvgIpc) is 2.42. The zero-order valence-electron chi connectivity index (χ0n) is 11.4. The molecule has 0 aliphatic heterocycles. The van der Waals surface area contributed by atoms with Crippen molar-refractivity contribution in [3.05, 3.63) is 23.8 Å². The molecule has 0 heterocycles. The highest BCUT2D eigenvalue weighted by molar-refractivity contribution is 5.40. The molecule has 0 bridgehead atoms. The number of hydrogen-bond donors (Lipinski definition) is 1. The molecule has 0 atom stereocenters. The van der Waals surface area contributed by atoms with Crippen LogP contribution in [0.3, 0.4) is 0 Å². The van der Waals surface area contributed by atoms with Crippen molar-refractivity contribution in [3.8, 4) is 23.3 Å². The van der Waals surface area contributed by atoms with Crippen molar-refractivity contribution in [1.82, 2.24) is 5.32 Å². The van der Waals surface area contributed by atoms with Gasteiger partial charge in [0.2, 0.25) is 0 Å². The van der Waals surface area contributed by atoms with Crippen molar-refractivity contribution in [2.75, 3.05) is 20.3 Å². The fourth-order valence-electron chi connectivity index (χ4n) is 1.54. The molecule has 0 spiro atoms. The fourth-order valence-corrected chi connectivity index (χ4v) is 1.54. The van der Waals surface area contributed by atoms with Crippen LogP contribution in [0.2, 0.25) is 0 Å². The molecule has 3 heteroatoms. The molecule has 1 aromatic rings. The van der Waals surface area contributed by atoms with Crippen LogP contribution in [0.4, 0.5) is 0 Å². The zero-order chi connectivity index (χ0) is 13.2. The Morgan fingerprint density at radius 3 is 2.83 bits per heavy atom. The van der Waals surface area contributed by atoms with E-state index in [9.17, 15) is 0 Å². The molecule has 1 aromatic carbocycles. The molecule has 0 aliphatic rings. The second-order valence-corrected chi connectivity index (χ2v) is 3.78. The molecule has 0 amide bonds. The SMILES string of the molecule is CC#CCCOc1cc(OC)ccc1CNCC. The topological polar surface area (TPSA) is 30.5 Å². The highest BCUT2D eigenvalue weighted by Crippen LogP contribution is 2.24. The van der Waals surface area contributed by atoms with E-state index in [1.165, 1.54) is 0 Å². The minimum absolute atomic E-state index is 0.604.